The maximum Gasteiger partial charge on any atom is 0.312 e. The van der Waals surface area contributed by atoms with E-state index in [1.54, 1.807) is 7.11 Å². The van der Waals surface area contributed by atoms with Crippen LogP contribution in [0, 0.1) is 0 Å². The summed E-state index contributed by atoms with van der Waals surface area (Å²) in [4.78, 5) is 11.3. The lowest BCUT2D eigenvalue weighted by Crippen LogP contribution is -2.28. The van der Waals surface area contributed by atoms with E-state index in [2.05, 4.69) is 5.32 Å². The van der Waals surface area contributed by atoms with Gasteiger partial charge in [-0.25, -0.2) is 0 Å². The molecule has 1 aromatic rings. The van der Waals surface area contributed by atoms with Crippen LogP contribution >= 0.6 is 0 Å². The third-order valence-corrected chi connectivity index (χ3v) is 2.92. The van der Waals surface area contributed by atoms with Crippen LogP contribution in [0.2, 0.25) is 0 Å². The second-order valence-corrected chi connectivity index (χ2v) is 4.46. The Hall–Kier alpha value is -1.43. The SMILES string of the molecule is COCCOCCCNCC(C(=O)O)c1ccccc1. The van der Waals surface area contributed by atoms with Crippen LogP contribution in [0.3, 0.4) is 0 Å². The van der Waals surface area contributed by atoms with E-state index >= 15 is 0 Å². The summed E-state index contributed by atoms with van der Waals surface area (Å²) in [6, 6.07) is 9.28. The number of ether oxygens (including phenoxy) is 2. The first-order chi connectivity index (χ1) is 9.75. The minimum Gasteiger partial charge on any atom is -0.481 e. The molecule has 2 N–H and O–H groups in total. The summed E-state index contributed by atoms with van der Waals surface area (Å²) in [6.45, 7) is 3.02. The van der Waals surface area contributed by atoms with Crippen LogP contribution in [-0.4, -0.2) is 51.1 Å². The highest BCUT2D eigenvalue weighted by atomic mass is 16.5. The van der Waals surface area contributed by atoms with Crippen molar-refractivity contribution in [3.05, 3.63) is 35.9 Å². The van der Waals surface area contributed by atoms with Gasteiger partial charge < -0.3 is 19.9 Å². The number of aliphatic carboxylic acids is 1. The predicted octanol–water partition coefficient (Wildman–Crippen LogP) is 1.50. The van der Waals surface area contributed by atoms with Crippen LogP contribution in [0.25, 0.3) is 0 Å². The van der Waals surface area contributed by atoms with Gasteiger partial charge in [0.15, 0.2) is 0 Å². The first-order valence-electron chi connectivity index (χ1n) is 6.81. The Bertz CT molecular complexity index is 369. The number of rotatable bonds is 11. The van der Waals surface area contributed by atoms with Crippen molar-refractivity contribution >= 4 is 5.97 Å². The fourth-order valence-corrected chi connectivity index (χ4v) is 1.82. The molecule has 20 heavy (non-hydrogen) atoms. The summed E-state index contributed by atoms with van der Waals surface area (Å²) in [5.74, 6) is -1.31. The molecule has 0 aromatic heterocycles. The van der Waals surface area contributed by atoms with Gasteiger partial charge in [-0.1, -0.05) is 30.3 Å². The Morgan fingerprint density at radius 1 is 1.25 bits per heavy atom. The second-order valence-electron chi connectivity index (χ2n) is 4.46. The summed E-state index contributed by atoms with van der Waals surface area (Å²) in [5, 5.41) is 12.4. The number of methoxy groups -OCH3 is 1. The van der Waals surface area contributed by atoms with E-state index in [4.69, 9.17) is 9.47 Å². The van der Waals surface area contributed by atoms with Gasteiger partial charge in [-0.3, -0.25) is 4.79 Å². The number of carboxylic acids is 1. The van der Waals surface area contributed by atoms with Crippen LogP contribution in [0.5, 0.6) is 0 Å². The van der Waals surface area contributed by atoms with Crippen molar-refractivity contribution in [2.24, 2.45) is 0 Å². The lowest BCUT2D eigenvalue weighted by Gasteiger charge is -2.13. The predicted molar refractivity (Wildman–Crippen MR) is 77.0 cm³/mol. The molecule has 0 aliphatic heterocycles. The van der Waals surface area contributed by atoms with E-state index in [-0.39, 0.29) is 0 Å². The van der Waals surface area contributed by atoms with Gasteiger partial charge >= 0.3 is 5.97 Å². The van der Waals surface area contributed by atoms with E-state index in [1.807, 2.05) is 30.3 Å². The molecule has 1 rings (SSSR count). The third-order valence-electron chi connectivity index (χ3n) is 2.92. The largest absolute Gasteiger partial charge is 0.481 e. The number of carboxylic acid groups (broad SMARTS) is 1. The molecule has 1 aromatic carbocycles. The summed E-state index contributed by atoms with van der Waals surface area (Å²) in [6.07, 6.45) is 0.852. The van der Waals surface area contributed by atoms with Crippen LogP contribution in [0.1, 0.15) is 17.9 Å². The number of carbonyl (C=O) groups is 1. The minimum absolute atomic E-state index is 0.428. The highest BCUT2D eigenvalue weighted by Gasteiger charge is 2.18. The first-order valence-corrected chi connectivity index (χ1v) is 6.81. The van der Waals surface area contributed by atoms with Gasteiger partial charge in [0.05, 0.1) is 19.1 Å². The topological polar surface area (TPSA) is 67.8 Å². The number of hydrogen-bond acceptors (Lipinski definition) is 4. The molecule has 5 heteroatoms. The van der Waals surface area contributed by atoms with Gasteiger partial charge in [-0.15, -0.1) is 0 Å². The fraction of sp³-hybridized carbons (Fsp3) is 0.533. The normalized spacial score (nSPS) is 12.2. The smallest absolute Gasteiger partial charge is 0.312 e. The van der Waals surface area contributed by atoms with E-state index in [9.17, 15) is 9.90 Å². The standard InChI is InChI=1S/C15H23NO4/c1-19-10-11-20-9-5-8-16-12-14(15(17)18)13-6-3-2-4-7-13/h2-4,6-7,14,16H,5,8-12H2,1H3,(H,17,18). The average molecular weight is 281 g/mol. The summed E-state index contributed by atoms with van der Waals surface area (Å²) >= 11 is 0. The number of benzene rings is 1. The van der Waals surface area contributed by atoms with Crippen molar-refractivity contribution in [2.45, 2.75) is 12.3 Å². The monoisotopic (exact) mass is 281 g/mol. The maximum atomic E-state index is 11.3. The van der Waals surface area contributed by atoms with Crippen molar-refractivity contribution in [2.75, 3.05) is 40.0 Å². The Morgan fingerprint density at radius 2 is 2.00 bits per heavy atom. The van der Waals surface area contributed by atoms with Gasteiger partial charge in [0, 0.05) is 20.3 Å². The van der Waals surface area contributed by atoms with Gasteiger partial charge in [-0.05, 0) is 18.5 Å². The van der Waals surface area contributed by atoms with Crippen LogP contribution < -0.4 is 5.32 Å². The molecule has 0 radical (unpaired) electrons. The average Bonchev–Trinajstić information content (AvgIpc) is 2.46. The van der Waals surface area contributed by atoms with Crippen LogP contribution in [0.4, 0.5) is 0 Å². The van der Waals surface area contributed by atoms with E-state index in [1.165, 1.54) is 0 Å². The Morgan fingerprint density at radius 3 is 2.65 bits per heavy atom. The van der Waals surface area contributed by atoms with Crippen LogP contribution in [-0.2, 0) is 14.3 Å². The van der Waals surface area contributed by atoms with E-state index in [0.29, 0.717) is 26.4 Å². The molecule has 0 saturated heterocycles. The van der Waals surface area contributed by atoms with Gasteiger partial charge in [0.2, 0.25) is 0 Å². The zero-order valence-corrected chi connectivity index (χ0v) is 11.9. The highest BCUT2D eigenvalue weighted by molar-refractivity contribution is 5.76. The Labute approximate surface area is 119 Å². The summed E-state index contributed by atoms with van der Waals surface area (Å²) in [7, 11) is 1.64. The van der Waals surface area contributed by atoms with Crippen molar-refractivity contribution in [3.63, 3.8) is 0 Å². The molecule has 5 nitrogen and oxygen atoms in total. The molecule has 0 aliphatic carbocycles. The van der Waals surface area contributed by atoms with Crippen molar-refractivity contribution in [3.8, 4) is 0 Å². The molecule has 0 spiro atoms. The zero-order valence-electron chi connectivity index (χ0n) is 11.9. The molecule has 1 atom stereocenters. The molecule has 0 fully saturated rings. The highest BCUT2D eigenvalue weighted by Crippen LogP contribution is 2.14. The number of hydrogen-bond donors (Lipinski definition) is 2. The molecule has 0 saturated carbocycles. The van der Waals surface area contributed by atoms with Crippen molar-refractivity contribution < 1.29 is 19.4 Å². The quantitative estimate of drug-likeness (QED) is 0.602. The lowest BCUT2D eigenvalue weighted by molar-refractivity contribution is -0.138. The second kappa shape index (κ2) is 10.4. The van der Waals surface area contributed by atoms with Crippen molar-refractivity contribution in [1.82, 2.24) is 5.32 Å². The third kappa shape index (κ3) is 6.65. The zero-order chi connectivity index (χ0) is 14.6. The molecule has 1 unspecified atom stereocenters. The molecule has 0 aliphatic rings. The molecular formula is C15H23NO4. The molecule has 0 bridgehead atoms. The molecule has 112 valence electrons. The van der Waals surface area contributed by atoms with E-state index in [0.717, 1.165) is 18.5 Å². The maximum absolute atomic E-state index is 11.3. The van der Waals surface area contributed by atoms with Crippen molar-refractivity contribution in [1.29, 1.82) is 0 Å². The number of nitrogens with one attached hydrogen (secondary N) is 1. The fourth-order valence-electron chi connectivity index (χ4n) is 1.82. The van der Waals surface area contributed by atoms with E-state index < -0.39 is 11.9 Å². The van der Waals surface area contributed by atoms with Gasteiger partial charge in [0.25, 0.3) is 0 Å². The Balaban J connectivity index is 2.19. The van der Waals surface area contributed by atoms with Gasteiger partial charge in [-0.2, -0.15) is 0 Å². The lowest BCUT2D eigenvalue weighted by atomic mass is 9.99. The van der Waals surface area contributed by atoms with Gasteiger partial charge in [0.1, 0.15) is 0 Å². The Kier molecular flexibility index (Phi) is 8.62. The van der Waals surface area contributed by atoms with Crippen LogP contribution in [0.15, 0.2) is 30.3 Å². The first kappa shape index (κ1) is 16.6. The molecule has 0 heterocycles. The molecule has 0 amide bonds. The minimum atomic E-state index is -0.806. The summed E-state index contributed by atoms with van der Waals surface area (Å²) < 4.78 is 10.2. The summed E-state index contributed by atoms with van der Waals surface area (Å²) in [5.41, 5.74) is 0.823. The molecular weight excluding hydrogens is 258 g/mol.